The summed E-state index contributed by atoms with van der Waals surface area (Å²) in [6, 6.07) is 12.2. The van der Waals surface area contributed by atoms with Crippen molar-refractivity contribution in [1.82, 2.24) is 0 Å². The van der Waals surface area contributed by atoms with Crippen LogP contribution < -0.4 is 9.03 Å². The maximum absolute atomic E-state index is 12.2. The zero-order chi connectivity index (χ0) is 13.6. The first kappa shape index (κ1) is 12.3. The molecule has 1 heterocycles. The van der Waals surface area contributed by atoms with Gasteiger partial charge in [0.25, 0.3) is 0 Å². The Morgan fingerprint density at radius 3 is 2.58 bits per heavy atom. The Morgan fingerprint density at radius 2 is 1.84 bits per heavy atom. The number of nitrogens with one attached hydrogen (secondary N) is 1. The minimum atomic E-state index is -3.59. The molecule has 2 aromatic rings. The van der Waals surface area contributed by atoms with E-state index in [2.05, 4.69) is 4.72 Å². The number of halogens is 1. The highest BCUT2D eigenvalue weighted by atomic mass is 35.5. The molecular weight excluding hydrogens is 284 g/mol. The number of benzene rings is 2. The largest absolute Gasteiger partial charge is 0.328 e. The van der Waals surface area contributed by atoms with Gasteiger partial charge < -0.3 is 0 Å². The number of fused-ring (bicyclic) bond motifs is 1. The Labute approximate surface area is 116 Å². The van der Waals surface area contributed by atoms with Gasteiger partial charge in [-0.1, -0.05) is 23.7 Å². The van der Waals surface area contributed by atoms with Crippen LogP contribution in [0.4, 0.5) is 17.1 Å². The second-order valence-corrected chi connectivity index (χ2v) is 6.28. The predicted molar refractivity (Wildman–Crippen MR) is 77.3 cm³/mol. The van der Waals surface area contributed by atoms with Crippen LogP contribution in [0.3, 0.4) is 0 Å². The van der Waals surface area contributed by atoms with Gasteiger partial charge in [0.2, 0.25) is 0 Å². The molecule has 98 valence electrons. The molecular formula is C13H11ClN2O2S. The molecule has 6 heteroatoms. The molecule has 0 aliphatic carbocycles. The summed E-state index contributed by atoms with van der Waals surface area (Å²) in [4.78, 5) is 0. The fourth-order valence-electron chi connectivity index (χ4n) is 2.16. The van der Waals surface area contributed by atoms with E-state index in [-0.39, 0.29) is 0 Å². The minimum Gasteiger partial charge on any atom is -0.264 e. The van der Waals surface area contributed by atoms with Crippen LogP contribution in [0.1, 0.15) is 5.56 Å². The highest BCUT2D eigenvalue weighted by Gasteiger charge is 2.34. The second kappa shape index (κ2) is 4.15. The molecule has 0 aromatic heterocycles. The third kappa shape index (κ3) is 1.95. The van der Waals surface area contributed by atoms with Crippen LogP contribution in [0, 0.1) is 6.92 Å². The zero-order valence-corrected chi connectivity index (χ0v) is 11.7. The molecule has 19 heavy (non-hydrogen) atoms. The van der Waals surface area contributed by atoms with E-state index < -0.39 is 10.2 Å². The number of hydrogen-bond donors (Lipinski definition) is 1. The quantitative estimate of drug-likeness (QED) is 0.875. The fourth-order valence-corrected chi connectivity index (χ4v) is 3.81. The van der Waals surface area contributed by atoms with E-state index >= 15 is 0 Å². The first-order valence-electron chi connectivity index (χ1n) is 5.67. The van der Waals surface area contributed by atoms with E-state index in [0.29, 0.717) is 22.1 Å². The number of aryl methyl sites for hydroxylation is 1. The molecule has 0 spiro atoms. The molecule has 0 saturated carbocycles. The monoisotopic (exact) mass is 294 g/mol. The highest BCUT2D eigenvalue weighted by Crippen LogP contribution is 2.42. The normalized spacial score (nSPS) is 16.0. The van der Waals surface area contributed by atoms with Crippen molar-refractivity contribution in [2.75, 3.05) is 9.03 Å². The van der Waals surface area contributed by atoms with E-state index in [4.69, 9.17) is 11.6 Å². The van der Waals surface area contributed by atoms with Crippen molar-refractivity contribution in [3.05, 3.63) is 53.1 Å². The third-order valence-electron chi connectivity index (χ3n) is 2.98. The van der Waals surface area contributed by atoms with Crippen molar-refractivity contribution in [3.8, 4) is 0 Å². The van der Waals surface area contributed by atoms with Crippen molar-refractivity contribution in [2.45, 2.75) is 6.92 Å². The molecule has 3 rings (SSSR count). The lowest BCUT2D eigenvalue weighted by molar-refractivity contribution is 0.603. The summed E-state index contributed by atoms with van der Waals surface area (Å²) in [6.07, 6.45) is 0. The average Bonchev–Trinajstić information content (AvgIpc) is 2.60. The van der Waals surface area contributed by atoms with Crippen LogP contribution >= 0.6 is 11.6 Å². The SMILES string of the molecule is Cc1cc(Cl)ccc1N1c2ccccc2NS1(=O)=O. The summed E-state index contributed by atoms with van der Waals surface area (Å²) in [5.74, 6) is 0. The topological polar surface area (TPSA) is 49.4 Å². The van der Waals surface area contributed by atoms with Crippen molar-refractivity contribution >= 4 is 38.9 Å². The van der Waals surface area contributed by atoms with Gasteiger partial charge in [-0.05, 0) is 42.8 Å². The number of hydrogen-bond acceptors (Lipinski definition) is 2. The van der Waals surface area contributed by atoms with Gasteiger partial charge in [0.1, 0.15) is 0 Å². The third-order valence-corrected chi connectivity index (χ3v) is 4.57. The molecule has 0 fully saturated rings. The van der Waals surface area contributed by atoms with Crippen LogP contribution in [-0.4, -0.2) is 8.42 Å². The highest BCUT2D eigenvalue weighted by molar-refractivity contribution is 7.95. The molecule has 1 aliphatic rings. The summed E-state index contributed by atoms with van der Waals surface area (Å²) < 4.78 is 28.3. The lowest BCUT2D eigenvalue weighted by Crippen LogP contribution is -2.25. The summed E-state index contributed by atoms with van der Waals surface area (Å²) in [6.45, 7) is 1.83. The predicted octanol–water partition coefficient (Wildman–Crippen LogP) is 3.46. The number of para-hydroxylation sites is 2. The molecule has 0 atom stereocenters. The van der Waals surface area contributed by atoms with Crippen LogP contribution in [0.2, 0.25) is 5.02 Å². The Hall–Kier alpha value is -1.72. The Kier molecular flexibility index (Phi) is 2.69. The Morgan fingerprint density at radius 1 is 1.11 bits per heavy atom. The molecule has 1 N–H and O–H groups in total. The standard InChI is InChI=1S/C13H11ClN2O2S/c1-9-8-10(14)6-7-12(9)16-13-5-3-2-4-11(13)15-19(16,17)18/h2-8,15H,1H3. The molecule has 0 bridgehead atoms. The minimum absolute atomic E-state index is 0.580. The van der Waals surface area contributed by atoms with E-state index in [1.807, 2.05) is 6.92 Å². The Bertz CT molecular complexity index is 759. The van der Waals surface area contributed by atoms with Gasteiger partial charge >= 0.3 is 10.2 Å². The molecule has 0 amide bonds. The lowest BCUT2D eigenvalue weighted by Gasteiger charge is -2.19. The van der Waals surface area contributed by atoms with E-state index in [0.717, 1.165) is 5.56 Å². The molecule has 0 unspecified atom stereocenters. The lowest BCUT2D eigenvalue weighted by atomic mass is 10.2. The van der Waals surface area contributed by atoms with Crippen LogP contribution in [-0.2, 0) is 10.2 Å². The van der Waals surface area contributed by atoms with Gasteiger partial charge in [0.05, 0.1) is 17.1 Å². The zero-order valence-electron chi connectivity index (χ0n) is 10.1. The van der Waals surface area contributed by atoms with Crippen LogP contribution in [0.15, 0.2) is 42.5 Å². The molecule has 1 aliphatic heterocycles. The van der Waals surface area contributed by atoms with E-state index in [1.165, 1.54) is 4.31 Å². The van der Waals surface area contributed by atoms with Crippen molar-refractivity contribution < 1.29 is 8.42 Å². The molecule has 2 aromatic carbocycles. The number of anilines is 3. The van der Waals surface area contributed by atoms with Crippen molar-refractivity contribution in [3.63, 3.8) is 0 Å². The van der Waals surface area contributed by atoms with Crippen LogP contribution in [0.5, 0.6) is 0 Å². The van der Waals surface area contributed by atoms with Crippen molar-refractivity contribution in [2.24, 2.45) is 0 Å². The summed E-state index contributed by atoms with van der Waals surface area (Å²) in [5.41, 5.74) is 2.60. The molecule has 4 nitrogen and oxygen atoms in total. The summed E-state index contributed by atoms with van der Waals surface area (Å²) >= 11 is 5.91. The van der Waals surface area contributed by atoms with Crippen LogP contribution in [0.25, 0.3) is 0 Å². The number of nitrogens with zero attached hydrogens (tertiary/aromatic N) is 1. The Balaban J connectivity index is 2.23. The van der Waals surface area contributed by atoms with Gasteiger partial charge in [0, 0.05) is 5.02 Å². The second-order valence-electron chi connectivity index (χ2n) is 4.32. The van der Waals surface area contributed by atoms with E-state index in [1.54, 1.807) is 42.5 Å². The fraction of sp³-hybridized carbons (Fsp3) is 0.0769. The van der Waals surface area contributed by atoms with Gasteiger partial charge in [-0.3, -0.25) is 4.72 Å². The maximum atomic E-state index is 12.2. The smallest absolute Gasteiger partial charge is 0.264 e. The summed E-state index contributed by atoms with van der Waals surface area (Å²) in [5, 5.41) is 0.582. The van der Waals surface area contributed by atoms with Gasteiger partial charge in [0.15, 0.2) is 0 Å². The van der Waals surface area contributed by atoms with Crippen molar-refractivity contribution in [1.29, 1.82) is 0 Å². The van der Waals surface area contributed by atoms with Gasteiger partial charge in [-0.2, -0.15) is 8.42 Å². The first-order chi connectivity index (χ1) is 8.99. The maximum Gasteiger partial charge on any atom is 0.328 e. The molecule has 0 saturated heterocycles. The summed E-state index contributed by atoms with van der Waals surface area (Å²) in [7, 11) is -3.59. The average molecular weight is 295 g/mol. The van der Waals surface area contributed by atoms with Gasteiger partial charge in [-0.25, -0.2) is 4.31 Å². The van der Waals surface area contributed by atoms with Gasteiger partial charge in [-0.15, -0.1) is 0 Å². The van der Waals surface area contributed by atoms with E-state index in [9.17, 15) is 8.42 Å². The molecule has 0 radical (unpaired) electrons. The number of rotatable bonds is 1. The first-order valence-corrected chi connectivity index (χ1v) is 7.49.